The number of carboxylic acids is 1. The largest absolute Gasteiger partial charge is 0.481 e. The van der Waals surface area contributed by atoms with E-state index in [1.807, 2.05) is 6.92 Å². The molecule has 1 unspecified atom stereocenters. The second-order valence-corrected chi connectivity index (χ2v) is 4.89. The first-order chi connectivity index (χ1) is 8.61. The van der Waals surface area contributed by atoms with Crippen molar-refractivity contribution in [2.45, 2.75) is 51.7 Å². The van der Waals surface area contributed by atoms with Crippen LogP contribution in [0.25, 0.3) is 0 Å². The minimum absolute atomic E-state index is 0.102. The van der Waals surface area contributed by atoms with Crippen LogP contribution in [0.4, 0.5) is 0 Å². The van der Waals surface area contributed by atoms with E-state index in [0.29, 0.717) is 18.2 Å². The first-order valence-electron chi connectivity index (χ1n) is 6.43. The molecule has 2 N–H and O–H groups in total. The molecule has 1 heterocycles. The van der Waals surface area contributed by atoms with Crippen molar-refractivity contribution in [1.82, 2.24) is 15.0 Å². The van der Waals surface area contributed by atoms with Gasteiger partial charge in [-0.05, 0) is 25.2 Å². The van der Waals surface area contributed by atoms with Crippen LogP contribution >= 0.6 is 0 Å². The standard InChI is InChI=1S/C12H19N3O3/c1-2-3-10-9(6-12(17)18)13-14-15(10)7-11(16)8-4-5-8/h8,11,16H,2-7H2,1H3,(H,17,18). The van der Waals surface area contributed by atoms with Crippen molar-refractivity contribution in [3.63, 3.8) is 0 Å². The van der Waals surface area contributed by atoms with Gasteiger partial charge >= 0.3 is 5.97 Å². The third-order valence-corrected chi connectivity index (χ3v) is 3.25. The Labute approximate surface area is 106 Å². The Bertz CT molecular complexity index is 426. The molecule has 100 valence electrons. The van der Waals surface area contributed by atoms with Gasteiger partial charge in [-0.15, -0.1) is 5.10 Å². The van der Waals surface area contributed by atoms with E-state index in [-0.39, 0.29) is 12.5 Å². The minimum Gasteiger partial charge on any atom is -0.481 e. The van der Waals surface area contributed by atoms with Gasteiger partial charge in [0.1, 0.15) is 0 Å². The van der Waals surface area contributed by atoms with Gasteiger partial charge in [0, 0.05) is 0 Å². The summed E-state index contributed by atoms with van der Waals surface area (Å²) in [4.78, 5) is 10.7. The molecule has 1 aliphatic carbocycles. The first kappa shape index (κ1) is 13.0. The highest BCUT2D eigenvalue weighted by Gasteiger charge is 2.30. The molecule has 1 aromatic heterocycles. The summed E-state index contributed by atoms with van der Waals surface area (Å²) in [6.45, 7) is 2.45. The van der Waals surface area contributed by atoms with Gasteiger partial charge in [-0.3, -0.25) is 4.79 Å². The molecule has 0 aromatic carbocycles. The third kappa shape index (κ3) is 3.07. The van der Waals surface area contributed by atoms with Crippen molar-refractivity contribution in [2.24, 2.45) is 5.92 Å². The zero-order valence-corrected chi connectivity index (χ0v) is 10.5. The van der Waals surface area contributed by atoms with E-state index in [1.54, 1.807) is 4.68 Å². The number of aromatic nitrogens is 3. The minimum atomic E-state index is -0.901. The van der Waals surface area contributed by atoms with Gasteiger partial charge in [-0.25, -0.2) is 4.68 Å². The maximum absolute atomic E-state index is 10.7. The van der Waals surface area contributed by atoms with Crippen LogP contribution in [-0.2, 0) is 24.2 Å². The fourth-order valence-corrected chi connectivity index (χ4v) is 2.11. The predicted molar refractivity (Wildman–Crippen MR) is 64.1 cm³/mol. The van der Waals surface area contributed by atoms with Crippen molar-refractivity contribution in [3.05, 3.63) is 11.4 Å². The summed E-state index contributed by atoms with van der Waals surface area (Å²) >= 11 is 0. The molecule has 1 aliphatic rings. The van der Waals surface area contributed by atoms with Crippen LogP contribution in [0.15, 0.2) is 0 Å². The summed E-state index contributed by atoms with van der Waals surface area (Å²) in [6, 6.07) is 0. The third-order valence-electron chi connectivity index (χ3n) is 3.25. The molecular formula is C12H19N3O3. The summed E-state index contributed by atoms with van der Waals surface area (Å²) < 4.78 is 1.67. The number of rotatable bonds is 7. The van der Waals surface area contributed by atoms with Crippen molar-refractivity contribution < 1.29 is 15.0 Å². The molecule has 2 rings (SSSR count). The lowest BCUT2D eigenvalue weighted by molar-refractivity contribution is -0.136. The second kappa shape index (κ2) is 5.48. The molecule has 1 aromatic rings. The van der Waals surface area contributed by atoms with Gasteiger partial charge in [0.05, 0.1) is 30.5 Å². The topological polar surface area (TPSA) is 88.2 Å². The number of hydrogen-bond donors (Lipinski definition) is 2. The zero-order chi connectivity index (χ0) is 13.1. The number of carboxylic acid groups (broad SMARTS) is 1. The maximum Gasteiger partial charge on any atom is 0.309 e. The molecule has 0 saturated heterocycles. The molecule has 1 atom stereocenters. The molecule has 6 heteroatoms. The van der Waals surface area contributed by atoms with E-state index in [9.17, 15) is 9.90 Å². The van der Waals surface area contributed by atoms with Crippen LogP contribution in [0.2, 0.25) is 0 Å². The van der Waals surface area contributed by atoms with Gasteiger partial charge in [-0.1, -0.05) is 18.6 Å². The van der Waals surface area contributed by atoms with Gasteiger partial charge < -0.3 is 10.2 Å². The number of hydrogen-bond acceptors (Lipinski definition) is 4. The lowest BCUT2D eigenvalue weighted by Gasteiger charge is -2.11. The highest BCUT2D eigenvalue weighted by Crippen LogP contribution is 2.33. The maximum atomic E-state index is 10.7. The zero-order valence-electron chi connectivity index (χ0n) is 10.5. The van der Waals surface area contributed by atoms with Crippen molar-refractivity contribution >= 4 is 5.97 Å². The Morgan fingerprint density at radius 1 is 1.56 bits per heavy atom. The SMILES string of the molecule is CCCc1c(CC(=O)O)nnn1CC(O)C1CC1. The summed E-state index contributed by atoms with van der Waals surface area (Å²) in [6.07, 6.45) is 3.29. The lowest BCUT2D eigenvalue weighted by Crippen LogP contribution is -2.21. The number of carbonyl (C=O) groups is 1. The van der Waals surface area contributed by atoms with Crippen molar-refractivity contribution in [3.8, 4) is 0 Å². The van der Waals surface area contributed by atoms with Crippen LogP contribution in [0.1, 0.15) is 37.6 Å². The molecule has 0 spiro atoms. The molecular weight excluding hydrogens is 234 g/mol. The number of aliphatic hydroxyl groups excluding tert-OH is 1. The summed E-state index contributed by atoms with van der Waals surface area (Å²) in [7, 11) is 0. The van der Waals surface area contributed by atoms with Gasteiger partial charge in [0.2, 0.25) is 0 Å². The molecule has 1 fully saturated rings. The van der Waals surface area contributed by atoms with Gasteiger partial charge in [-0.2, -0.15) is 0 Å². The fourth-order valence-electron chi connectivity index (χ4n) is 2.11. The number of aliphatic carboxylic acids is 1. The highest BCUT2D eigenvalue weighted by atomic mass is 16.4. The van der Waals surface area contributed by atoms with E-state index < -0.39 is 5.97 Å². The van der Waals surface area contributed by atoms with Crippen molar-refractivity contribution in [2.75, 3.05) is 0 Å². The Morgan fingerprint density at radius 2 is 2.28 bits per heavy atom. The Morgan fingerprint density at radius 3 is 2.83 bits per heavy atom. The Hall–Kier alpha value is -1.43. The van der Waals surface area contributed by atoms with Gasteiger partial charge in [0.25, 0.3) is 0 Å². The molecule has 18 heavy (non-hydrogen) atoms. The molecule has 0 radical (unpaired) electrons. The Balaban J connectivity index is 2.12. The molecule has 6 nitrogen and oxygen atoms in total. The van der Waals surface area contributed by atoms with Gasteiger partial charge in [0.15, 0.2) is 0 Å². The monoisotopic (exact) mass is 253 g/mol. The van der Waals surface area contributed by atoms with E-state index in [4.69, 9.17) is 5.11 Å². The fraction of sp³-hybridized carbons (Fsp3) is 0.750. The summed E-state index contributed by atoms with van der Waals surface area (Å²) in [5.41, 5.74) is 1.37. The van der Waals surface area contributed by atoms with E-state index in [0.717, 1.165) is 31.4 Å². The van der Waals surface area contributed by atoms with Crippen LogP contribution in [0.3, 0.4) is 0 Å². The average molecular weight is 253 g/mol. The molecule has 0 amide bonds. The number of aliphatic hydroxyl groups is 1. The smallest absolute Gasteiger partial charge is 0.309 e. The van der Waals surface area contributed by atoms with E-state index in [1.165, 1.54) is 0 Å². The second-order valence-electron chi connectivity index (χ2n) is 4.89. The van der Waals surface area contributed by atoms with Crippen molar-refractivity contribution in [1.29, 1.82) is 0 Å². The Kier molecular flexibility index (Phi) is 3.96. The van der Waals surface area contributed by atoms with Crippen LogP contribution in [0, 0.1) is 5.92 Å². The lowest BCUT2D eigenvalue weighted by atomic mass is 10.1. The summed E-state index contributed by atoms with van der Waals surface area (Å²) in [5.74, 6) is -0.520. The van der Waals surface area contributed by atoms with E-state index >= 15 is 0 Å². The normalized spacial score (nSPS) is 16.8. The average Bonchev–Trinajstić information content (AvgIpc) is 3.09. The number of nitrogens with zero attached hydrogens (tertiary/aromatic N) is 3. The van der Waals surface area contributed by atoms with E-state index in [2.05, 4.69) is 10.3 Å². The van der Waals surface area contributed by atoms with Crippen LogP contribution < -0.4 is 0 Å². The molecule has 0 aliphatic heterocycles. The van der Waals surface area contributed by atoms with Crippen LogP contribution in [-0.4, -0.2) is 37.3 Å². The summed E-state index contributed by atoms with van der Waals surface area (Å²) in [5, 5.41) is 26.7. The molecule has 0 bridgehead atoms. The quantitative estimate of drug-likeness (QED) is 0.744. The first-order valence-corrected chi connectivity index (χ1v) is 6.43. The predicted octanol–water partition coefficient (Wildman–Crippen LogP) is 0.629. The van der Waals surface area contributed by atoms with Crippen LogP contribution in [0.5, 0.6) is 0 Å². The molecule has 1 saturated carbocycles. The highest BCUT2D eigenvalue weighted by molar-refractivity contribution is 5.69.